The Bertz CT molecular complexity index is 886. The fraction of sp³-hybridized carbons (Fsp3) is 0.667. The lowest BCUT2D eigenvalue weighted by atomic mass is 9.49. The Morgan fingerprint density at radius 1 is 1.23 bits per heavy atom. The van der Waals surface area contributed by atoms with Crippen molar-refractivity contribution in [1.29, 1.82) is 0 Å². The van der Waals surface area contributed by atoms with Crippen LogP contribution in [0.3, 0.4) is 0 Å². The van der Waals surface area contributed by atoms with E-state index < -0.39 is 0 Å². The first-order valence-corrected chi connectivity index (χ1v) is 11.5. The number of amides is 1. The van der Waals surface area contributed by atoms with Crippen LogP contribution in [0.25, 0.3) is 5.65 Å². The van der Waals surface area contributed by atoms with Gasteiger partial charge in [0.05, 0.1) is 12.3 Å². The highest BCUT2D eigenvalue weighted by atomic mass is 16.5. The summed E-state index contributed by atoms with van der Waals surface area (Å²) in [6, 6.07) is 5.80. The summed E-state index contributed by atoms with van der Waals surface area (Å²) in [4.78, 5) is 20.0. The Kier molecular flexibility index (Phi) is 5.31. The zero-order chi connectivity index (χ0) is 20.7. The maximum atomic E-state index is 13.1. The summed E-state index contributed by atoms with van der Waals surface area (Å²) in [6.45, 7) is 3.11. The van der Waals surface area contributed by atoms with E-state index in [1.807, 2.05) is 28.8 Å². The van der Waals surface area contributed by atoms with Gasteiger partial charge in [0.2, 0.25) is 0 Å². The molecule has 1 amide bonds. The van der Waals surface area contributed by atoms with E-state index in [9.17, 15) is 4.79 Å². The van der Waals surface area contributed by atoms with Crippen molar-refractivity contribution in [3.63, 3.8) is 0 Å². The van der Waals surface area contributed by atoms with E-state index in [-0.39, 0.29) is 5.91 Å². The zero-order valence-corrected chi connectivity index (χ0v) is 18.3. The second-order valence-electron chi connectivity index (χ2n) is 10.2. The monoisotopic (exact) mass is 410 g/mol. The SMILES string of the molecule is COCCN(C)Cc1cn2c(C(=O)NCC34CC5CC(CC(C5)C3)C4)cccc2n1. The van der Waals surface area contributed by atoms with Crippen molar-refractivity contribution < 1.29 is 9.53 Å². The Morgan fingerprint density at radius 3 is 2.60 bits per heavy atom. The third kappa shape index (κ3) is 3.87. The van der Waals surface area contributed by atoms with Gasteiger partial charge >= 0.3 is 0 Å². The largest absolute Gasteiger partial charge is 0.383 e. The van der Waals surface area contributed by atoms with Gasteiger partial charge in [-0.3, -0.25) is 14.1 Å². The molecule has 4 aliphatic rings. The molecule has 4 bridgehead atoms. The number of methoxy groups -OCH3 is 1. The van der Waals surface area contributed by atoms with Crippen molar-refractivity contribution in [2.75, 3.05) is 33.9 Å². The highest BCUT2D eigenvalue weighted by Gasteiger charge is 2.50. The van der Waals surface area contributed by atoms with E-state index in [2.05, 4.69) is 17.3 Å². The van der Waals surface area contributed by atoms with Gasteiger partial charge < -0.3 is 10.1 Å². The first-order chi connectivity index (χ1) is 14.5. The minimum absolute atomic E-state index is 0.0213. The molecule has 30 heavy (non-hydrogen) atoms. The number of fused-ring (bicyclic) bond motifs is 1. The number of carbonyl (C=O) groups is 1. The Hall–Kier alpha value is -1.92. The number of aromatic nitrogens is 2. The van der Waals surface area contributed by atoms with E-state index in [0.29, 0.717) is 17.7 Å². The van der Waals surface area contributed by atoms with Gasteiger partial charge in [0.25, 0.3) is 5.91 Å². The molecular formula is C24H34N4O2. The average Bonchev–Trinajstić information content (AvgIpc) is 3.12. The van der Waals surface area contributed by atoms with Gasteiger partial charge in [-0.05, 0) is 80.9 Å². The van der Waals surface area contributed by atoms with Crippen molar-refractivity contribution in [1.82, 2.24) is 19.6 Å². The second kappa shape index (κ2) is 7.97. The summed E-state index contributed by atoms with van der Waals surface area (Å²) >= 11 is 0. The molecule has 0 aromatic carbocycles. The molecule has 0 saturated heterocycles. The summed E-state index contributed by atoms with van der Waals surface area (Å²) in [6.07, 6.45) is 10.2. The van der Waals surface area contributed by atoms with Crippen LogP contribution in [0.2, 0.25) is 0 Å². The van der Waals surface area contributed by atoms with Gasteiger partial charge in [0.1, 0.15) is 11.3 Å². The molecule has 0 aliphatic heterocycles. The normalized spacial score (nSPS) is 29.8. The molecule has 1 N–H and O–H groups in total. The van der Waals surface area contributed by atoms with Gasteiger partial charge in [-0.2, -0.15) is 0 Å². The molecule has 4 fully saturated rings. The van der Waals surface area contributed by atoms with E-state index in [4.69, 9.17) is 9.72 Å². The highest BCUT2D eigenvalue weighted by Crippen LogP contribution is 2.59. The molecule has 4 aliphatic carbocycles. The average molecular weight is 411 g/mol. The molecule has 2 aromatic rings. The third-order valence-corrected chi connectivity index (χ3v) is 7.67. The number of likely N-dealkylation sites (N-methyl/N-ethyl adjacent to an activating group) is 1. The van der Waals surface area contributed by atoms with Gasteiger partial charge in [0, 0.05) is 32.9 Å². The molecule has 6 nitrogen and oxygen atoms in total. The van der Waals surface area contributed by atoms with Crippen molar-refractivity contribution in [3.05, 3.63) is 35.8 Å². The number of nitrogens with zero attached hydrogens (tertiary/aromatic N) is 3. The van der Waals surface area contributed by atoms with Crippen molar-refractivity contribution in [2.24, 2.45) is 23.2 Å². The predicted octanol–water partition coefficient (Wildman–Crippen LogP) is 3.36. The maximum absolute atomic E-state index is 13.1. The third-order valence-electron chi connectivity index (χ3n) is 7.67. The lowest BCUT2D eigenvalue weighted by Gasteiger charge is -2.56. The number of ether oxygens (including phenoxy) is 1. The minimum atomic E-state index is 0.0213. The highest BCUT2D eigenvalue weighted by molar-refractivity contribution is 5.93. The zero-order valence-electron chi connectivity index (χ0n) is 18.3. The van der Waals surface area contributed by atoms with E-state index in [0.717, 1.165) is 48.7 Å². The van der Waals surface area contributed by atoms with Crippen LogP contribution >= 0.6 is 0 Å². The van der Waals surface area contributed by atoms with Crippen LogP contribution in [-0.4, -0.2) is 54.0 Å². The summed E-state index contributed by atoms with van der Waals surface area (Å²) in [7, 11) is 3.77. The smallest absolute Gasteiger partial charge is 0.268 e. The topological polar surface area (TPSA) is 58.9 Å². The van der Waals surface area contributed by atoms with Gasteiger partial charge in [0.15, 0.2) is 0 Å². The molecular weight excluding hydrogens is 376 g/mol. The summed E-state index contributed by atoms with van der Waals surface area (Å²) in [5, 5.41) is 3.31. The Balaban J connectivity index is 1.28. The second-order valence-corrected chi connectivity index (χ2v) is 10.2. The first kappa shape index (κ1) is 20.0. The lowest BCUT2D eigenvalue weighted by Crippen LogP contribution is -2.51. The molecule has 4 saturated carbocycles. The van der Waals surface area contributed by atoms with Crippen LogP contribution in [0.4, 0.5) is 0 Å². The van der Waals surface area contributed by atoms with Crippen LogP contribution < -0.4 is 5.32 Å². The number of imidazole rings is 1. The molecule has 0 atom stereocenters. The molecule has 0 spiro atoms. The van der Waals surface area contributed by atoms with Gasteiger partial charge in [-0.1, -0.05) is 6.07 Å². The summed E-state index contributed by atoms with van der Waals surface area (Å²) < 4.78 is 7.09. The molecule has 6 heteroatoms. The Labute approximate surface area is 179 Å². The number of carbonyl (C=O) groups excluding carboxylic acids is 1. The quantitative estimate of drug-likeness (QED) is 0.725. The van der Waals surface area contributed by atoms with Crippen molar-refractivity contribution in [3.8, 4) is 0 Å². The summed E-state index contributed by atoms with van der Waals surface area (Å²) in [5.41, 5.74) is 2.82. The fourth-order valence-corrected chi connectivity index (χ4v) is 6.79. The van der Waals surface area contributed by atoms with Crippen LogP contribution in [0.5, 0.6) is 0 Å². The number of hydrogen-bond donors (Lipinski definition) is 1. The number of rotatable bonds is 8. The van der Waals surface area contributed by atoms with E-state index in [1.165, 1.54) is 38.5 Å². The van der Waals surface area contributed by atoms with E-state index in [1.54, 1.807) is 7.11 Å². The molecule has 2 heterocycles. The fourth-order valence-electron chi connectivity index (χ4n) is 6.79. The minimum Gasteiger partial charge on any atom is -0.383 e. The molecule has 0 unspecified atom stereocenters. The first-order valence-electron chi connectivity index (χ1n) is 11.5. The van der Waals surface area contributed by atoms with Gasteiger partial charge in [-0.15, -0.1) is 0 Å². The van der Waals surface area contributed by atoms with Crippen LogP contribution in [0.15, 0.2) is 24.4 Å². The number of pyridine rings is 1. The van der Waals surface area contributed by atoms with Crippen molar-refractivity contribution in [2.45, 2.75) is 45.1 Å². The van der Waals surface area contributed by atoms with Crippen LogP contribution in [0.1, 0.15) is 54.7 Å². The summed E-state index contributed by atoms with van der Waals surface area (Å²) in [5.74, 6) is 2.74. The molecule has 162 valence electrons. The van der Waals surface area contributed by atoms with E-state index >= 15 is 0 Å². The lowest BCUT2D eigenvalue weighted by molar-refractivity contribution is -0.0503. The maximum Gasteiger partial charge on any atom is 0.268 e. The van der Waals surface area contributed by atoms with Crippen LogP contribution in [0, 0.1) is 23.2 Å². The Morgan fingerprint density at radius 2 is 1.93 bits per heavy atom. The van der Waals surface area contributed by atoms with Gasteiger partial charge in [-0.25, -0.2) is 4.98 Å². The van der Waals surface area contributed by atoms with Crippen LogP contribution in [-0.2, 0) is 11.3 Å². The molecule has 2 aromatic heterocycles. The number of nitrogens with one attached hydrogen (secondary N) is 1. The molecule has 0 radical (unpaired) electrons. The number of hydrogen-bond acceptors (Lipinski definition) is 4. The van der Waals surface area contributed by atoms with Crippen molar-refractivity contribution >= 4 is 11.6 Å². The predicted molar refractivity (Wildman–Crippen MR) is 116 cm³/mol. The standard InChI is InChI=1S/C24H34N4O2/c1-27(6-7-30-2)14-20-15-28-21(4-3-5-22(28)26-20)23(29)25-16-24-11-17-8-18(12-24)10-19(9-17)13-24/h3-5,15,17-19H,6-14,16H2,1-2H3,(H,25,29). The molecule has 6 rings (SSSR count).